The summed E-state index contributed by atoms with van der Waals surface area (Å²) < 4.78 is 13.4. The van der Waals surface area contributed by atoms with Crippen molar-refractivity contribution in [2.75, 3.05) is 11.9 Å². The molecule has 10 nitrogen and oxygen atoms in total. The van der Waals surface area contributed by atoms with Crippen molar-refractivity contribution in [2.45, 2.75) is 62.6 Å². The molecule has 0 radical (unpaired) electrons. The summed E-state index contributed by atoms with van der Waals surface area (Å²) in [7, 11) is 0. The molecule has 3 heterocycles. The number of nitrogens with one attached hydrogen (secondary N) is 1. The molecular weight excluding hydrogens is 414 g/mol. The number of rotatable bonds is 7. The molecule has 0 spiro atoms. The lowest BCUT2D eigenvalue weighted by atomic mass is 10.1. The van der Waals surface area contributed by atoms with Gasteiger partial charge in [0.2, 0.25) is 0 Å². The first kappa shape index (κ1) is 21.2. The van der Waals surface area contributed by atoms with Gasteiger partial charge in [-0.25, -0.2) is 15.0 Å². The Kier molecular flexibility index (Phi) is 6.03. The standard InChI is InChI=1S/C22H27N5O5/c28-9-16-18(29)19(30)22(32-16)27-12-25-17-20(23-11-24-21(17)27)26-14-7-4-8-15(14)31-10-13-5-2-1-3-6-13/h1-3,5-6,11-12,14-16,18-19,22,28-30H,4,7-10H2,(H,23,24,26)/t14?,15?,16-,18?,19?,22-/m1/s1. The Labute approximate surface area is 184 Å². The van der Waals surface area contributed by atoms with Crippen LogP contribution in [-0.2, 0) is 16.1 Å². The number of aliphatic hydroxyl groups excluding tert-OH is 3. The van der Waals surface area contributed by atoms with Crippen molar-refractivity contribution in [3.8, 4) is 0 Å². The molecule has 1 aliphatic carbocycles. The van der Waals surface area contributed by atoms with E-state index >= 15 is 0 Å². The van der Waals surface area contributed by atoms with Gasteiger partial charge in [-0.2, -0.15) is 0 Å². The fourth-order valence-electron chi connectivity index (χ4n) is 4.50. The van der Waals surface area contributed by atoms with Crippen molar-refractivity contribution >= 4 is 17.0 Å². The molecular formula is C22H27N5O5. The first-order chi connectivity index (χ1) is 15.7. The smallest absolute Gasteiger partial charge is 0.167 e. The van der Waals surface area contributed by atoms with Crippen LogP contribution >= 0.6 is 0 Å². The maximum atomic E-state index is 10.4. The lowest BCUT2D eigenvalue weighted by Crippen LogP contribution is -2.33. The second-order valence-electron chi connectivity index (χ2n) is 8.29. The number of aromatic nitrogens is 4. The quantitative estimate of drug-likeness (QED) is 0.423. The summed E-state index contributed by atoms with van der Waals surface area (Å²) in [4.78, 5) is 13.1. The molecule has 4 N–H and O–H groups in total. The van der Waals surface area contributed by atoms with Crippen molar-refractivity contribution in [3.63, 3.8) is 0 Å². The number of ether oxygens (including phenoxy) is 2. The Bertz CT molecular complexity index is 1050. The molecule has 2 aromatic heterocycles. The van der Waals surface area contributed by atoms with Gasteiger partial charge < -0.3 is 30.1 Å². The van der Waals surface area contributed by atoms with E-state index < -0.39 is 31.1 Å². The summed E-state index contributed by atoms with van der Waals surface area (Å²) in [5.74, 6) is 0.584. The second-order valence-corrected chi connectivity index (χ2v) is 8.29. The predicted octanol–water partition coefficient (Wildman–Crippen LogP) is 0.988. The normalized spacial score (nSPS) is 30.2. The third kappa shape index (κ3) is 3.96. The van der Waals surface area contributed by atoms with Crippen LogP contribution in [0.2, 0.25) is 0 Å². The highest BCUT2D eigenvalue weighted by atomic mass is 16.6. The minimum Gasteiger partial charge on any atom is -0.394 e. The van der Waals surface area contributed by atoms with Gasteiger partial charge >= 0.3 is 0 Å². The van der Waals surface area contributed by atoms with Crippen LogP contribution in [0, 0.1) is 0 Å². The molecule has 1 aromatic carbocycles. The maximum Gasteiger partial charge on any atom is 0.167 e. The van der Waals surface area contributed by atoms with Crippen molar-refractivity contribution in [2.24, 2.45) is 0 Å². The summed E-state index contributed by atoms with van der Waals surface area (Å²) in [6.07, 6.45) is 1.81. The zero-order chi connectivity index (χ0) is 22.1. The summed E-state index contributed by atoms with van der Waals surface area (Å²) >= 11 is 0. The topological polar surface area (TPSA) is 135 Å². The average Bonchev–Trinajstić information content (AvgIpc) is 3.52. The van der Waals surface area contributed by atoms with Gasteiger partial charge in [0.15, 0.2) is 23.2 Å². The molecule has 0 amide bonds. The third-order valence-corrected chi connectivity index (χ3v) is 6.23. The summed E-state index contributed by atoms with van der Waals surface area (Å²) in [5, 5.41) is 33.3. The number of nitrogens with zero attached hydrogens (tertiary/aromatic N) is 4. The predicted molar refractivity (Wildman–Crippen MR) is 115 cm³/mol. The van der Waals surface area contributed by atoms with Crippen LogP contribution in [0.4, 0.5) is 5.82 Å². The maximum absolute atomic E-state index is 10.4. The Balaban J connectivity index is 1.33. The summed E-state index contributed by atoms with van der Waals surface area (Å²) in [6, 6.07) is 10.2. The van der Waals surface area contributed by atoms with Gasteiger partial charge in [0.25, 0.3) is 0 Å². The van der Waals surface area contributed by atoms with E-state index in [0.717, 1.165) is 24.8 Å². The van der Waals surface area contributed by atoms with Crippen molar-refractivity contribution < 1.29 is 24.8 Å². The zero-order valence-corrected chi connectivity index (χ0v) is 17.5. The van der Waals surface area contributed by atoms with Crippen LogP contribution in [0.3, 0.4) is 0 Å². The highest BCUT2D eigenvalue weighted by Gasteiger charge is 2.44. The number of hydrogen-bond donors (Lipinski definition) is 4. The van der Waals surface area contributed by atoms with Gasteiger partial charge in [-0.05, 0) is 24.8 Å². The monoisotopic (exact) mass is 441 g/mol. The third-order valence-electron chi connectivity index (χ3n) is 6.23. The molecule has 32 heavy (non-hydrogen) atoms. The van der Waals surface area contributed by atoms with Crippen molar-refractivity contribution in [1.82, 2.24) is 19.5 Å². The average molecular weight is 441 g/mol. The second kappa shape index (κ2) is 9.08. The minimum absolute atomic E-state index is 0.0581. The number of imidazole rings is 1. The molecule has 4 unspecified atom stereocenters. The Hall–Kier alpha value is -2.63. The summed E-state index contributed by atoms with van der Waals surface area (Å²) in [5.41, 5.74) is 2.15. The van der Waals surface area contributed by atoms with Gasteiger partial charge in [0.1, 0.15) is 24.6 Å². The largest absolute Gasteiger partial charge is 0.394 e. The Morgan fingerprint density at radius 2 is 1.94 bits per heavy atom. The first-order valence-electron chi connectivity index (χ1n) is 10.9. The Morgan fingerprint density at radius 1 is 1.09 bits per heavy atom. The first-order valence-corrected chi connectivity index (χ1v) is 10.9. The molecule has 10 heteroatoms. The summed E-state index contributed by atoms with van der Waals surface area (Å²) in [6.45, 7) is 0.165. The van der Waals surface area contributed by atoms with Gasteiger partial charge in [-0.3, -0.25) is 4.57 Å². The van der Waals surface area contributed by atoms with E-state index in [4.69, 9.17) is 9.47 Å². The SMILES string of the molecule is OC[C@H]1O[C@@H](n2cnc3c(NC4CCCC4OCc4ccccc4)ncnc32)C(O)C1O. The van der Waals surface area contributed by atoms with E-state index in [-0.39, 0.29) is 12.1 Å². The number of aliphatic hydroxyl groups is 3. The lowest BCUT2D eigenvalue weighted by Gasteiger charge is -2.22. The molecule has 0 bridgehead atoms. The van der Waals surface area contributed by atoms with E-state index in [1.54, 1.807) is 4.57 Å². The fourth-order valence-corrected chi connectivity index (χ4v) is 4.50. The van der Waals surface area contributed by atoms with E-state index in [1.165, 1.54) is 12.7 Å². The van der Waals surface area contributed by atoms with E-state index in [0.29, 0.717) is 23.6 Å². The molecule has 170 valence electrons. The van der Waals surface area contributed by atoms with Crippen LogP contribution < -0.4 is 5.32 Å². The number of hydrogen-bond acceptors (Lipinski definition) is 9. The molecule has 2 fully saturated rings. The molecule has 1 saturated heterocycles. The van der Waals surface area contributed by atoms with Gasteiger partial charge in [-0.1, -0.05) is 30.3 Å². The molecule has 6 atom stereocenters. The Morgan fingerprint density at radius 3 is 2.72 bits per heavy atom. The number of fused-ring (bicyclic) bond motifs is 1. The van der Waals surface area contributed by atoms with Crippen molar-refractivity contribution in [1.29, 1.82) is 0 Å². The fraction of sp³-hybridized carbons (Fsp3) is 0.500. The minimum atomic E-state index is -1.21. The number of anilines is 1. The van der Waals surface area contributed by atoms with Gasteiger partial charge in [0, 0.05) is 0 Å². The van der Waals surface area contributed by atoms with Crippen LogP contribution in [0.1, 0.15) is 31.1 Å². The van der Waals surface area contributed by atoms with Gasteiger partial charge in [0.05, 0.1) is 31.7 Å². The number of benzene rings is 1. The van der Waals surface area contributed by atoms with E-state index in [2.05, 4.69) is 32.4 Å². The highest BCUT2D eigenvalue weighted by molar-refractivity contribution is 5.82. The molecule has 1 saturated carbocycles. The van der Waals surface area contributed by atoms with Crippen LogP contribution in [0.25, 0.3) is 11.2 Å². The van der Waals surface area contributed by atoms with Crippen LogP contribution in [0.5, 0.6) is 0 Å². The van der Waals surface area contributed by atoms with Crippen LogP contribution in [-0.4, -0.2) is 71.9 Å². The molecule has 1 aliphatic heterocycles. The molecule has 5 rings (SSSR count). The van der Waals surface area contributed by atoms with Crippen LogP contribution in [0.15, 0.2) is 43.0 Å². The van der Waals surface area contributed by atoms with Gasteiger partial charge in [-0.15, -0.1) is 0 Å². The lowest BCUT2D eigenvalue weighted by molar-refractivity contribution is -0.0511. The van der Waals surface area contributed by atoms with E-state index in [1.807, 2.05) is 18.2 Å². The van der Waals surface area contributed by atoms with Crippen molar-refractivity contribution in [3.05, 3.63) is 48.5 Å². The highest BCUT2D eigenvalue weighted by Crippen LogP contribution is 2.33. The van der Waals surface area contributed by atoms with E-state index in [9.17, 15) is 15.3 Å². The zero-order valence-electron chi connectivity index (χ0n) is 17.5. The molecule has 2 aliphatic rings. The molecule has 3 aromatic rings.